The molecule has 1 atom stereocenters. The monoisotopic (exact) mass is 341 g/mol. The van der Waals surface area contributed by atoms with Gasteiger partial charge in [-0.15, -0.1) is 0 Å². The van der Waals surface area contributed by atoms with Crippen molar-refractivity contribution in [3.63, 3.8) is 0 Å². The molecule has 0 bridgehead atoms. The van der Waals surface area contributed by atoms with E-state index in [0.29, 0.717) is 11.1 Å². The van der Waals surface area contributed by atoms with Crippen LogP contribution in [-0.2, 0) is 12.6 Å². The Kier molecular flexibility index (Phi) is 4.30. The highest BCUT2D eigenvalue weighted by molar-refractivity contribution is 5.97. The summed E-state index contributed by atoms with van der Waals surface area (Å²) >= 11 is 0. The molecule has 3 rings (SSSR count). The normalized spacial score (nSPS) is 13.6. The average molecular weight is 341 g/mol. The number of hydrogen-bond acceptors (Lipinski definition) is 3. The third-order valence-corrected chi connectivity index (χ3v) is 4.43. The van der Waals surface area contributed by atoms with E-state index in [1.54, 1.807) is 19.1 Å². The molecule has 0 saturated heterocycles. The Balaban J connectivity index is 1.74. The van der Waals surface area contributed by atoms with Crippen LogP contribution in [0.5, 0.6) is 0 Å². The minimum atomic E-state index is -1.30. The number of aromatic nitrogens is 2. The summed E-state index contributed by atoms with van der Waals surface area (Å²) in [6.45, 7) is 3.49. The van der Waals surface area contributed by atoms with Crippen LogP contribution >= 0.6 is 0 Å². The van der Waals surface area contributed by atoms with E-state index in [1.807, 2.05) is 24.6 Å². The van der Waals surface area contributed by atoms with Gasteiger partial charge in [-0.25, -0.2) is 9.37 Å². The smallest absolute Gasteiger partial charge is 0.251 e. The zero-order valence-corrected chi connectivity index (χ0v) is 14.4. The average Bonchev–Trinajstić information content (AvgIpc) is 2.87. The first-order chi connectivity index (χ1) is 11.8. The van der Waals surface area contributed by atoms with Gasteiger partial charge in [0.1, 0.15) is 17.2 Å². The molecule has 1 aromatic heterocycles. The maximum Gasteiger partial charge on any atom is 0.251 e. The Labute approximate surface area is 145 Å². The van der Waals surface area contributed by atoms with Crippen molar-refractivity contribution in [3.05, 3.63) is 65.2 Å². The van der Waals surface area contributed by atoms with Gasteiger partial charge < -0.3 is 15.0 Å². The molecule has 1 heterocycles. The number of halogens is 1. The van der Waals surface area contributed by atoms with Gasteiger partial charge in [0.15, 0.2) is 0 Å². The van der Waals surface area contributed by atoms with Crippen LogP contribution < -0.4 is 5.32 Å². The van der Waals surface area contributed by atoms with Gasteiger partial charge in [0.05, 0.1) is 17.6 Å². The lowest BCUT2D eigenvalue weighted by molar-refractivity contribution is 0.0526. The summed E-state index contributed by atoms with van der Waals surface area (Å²) < 4.78 is 15.0. The molecule has 0 saturated carbocycles. The molecule has 1 unspecified atom stereocenters. The molecule has 6 heteroatoms. The summed E-state index contributed by atoms with van der Waals surface area (Å²) in [7, 11) is 1.92. The lowest BCUT2D eigenvalue weighted by atomic mass is 9.96. The Morgan fingerprint density at radius 2 is 1.96 bits per heavy atom. The number of rotatable bonds is 4. The van der Waals surface area contributed by atoms with Gasteiger partial charge in [0.2, 0.25) is 0 Å². The van der Waals surface area contributed by atoms with E-state index in [2.05, 4.69) is 10.3 Å². The molecule has 1 amide bonds. The molecule has 0 aliphatic carbocycles. The molecule has 0 fully saturated rings. The third kappa shape index (κ3) is 3.39. The molecule has 0 aliphatic rings. The number of aryl methyl sites for hydroxylation is 2. The summed E-state index contributed by atoms with van der Waals surface area (Å²) in [4.78, 5) is 16.8. The second-order valence-electron chi connectivity index (χ2n) is 6.38. The number of fused-ring (bicyclic) bond motifs is 1. The van der Waals surface area contributed by atoms with Crippen LogP contribution in [0.2, 0.25) is 0 Å². The van der Waals surface area contributed by atoms with Gasteiger partial charge in [-0.05, 0) is 49.7 Å². The van der Waals surface area contributed by atoms with E-state index in [4.69, 9.17) is 0 Å². The predicted octanol–water partition coefficient (Wildman–Crippen LogP) is 2.66. The Hall–Kier alpha value is -2.73. The number of aliphatic hydroxyl groups is 1. The SMILES string of the molecule is Cc1nc2cc(C(=O)NCC(C)(O)c3ccc(F)cc3)ccc2n1C. The van der Waals surface area contributed by atoms with Crippen LogP contribution in [0.15, 0.2) is 42.5 Å². The molecule has 0 spiro atoms. The van der Waals surface area contributed by atoms with Crippen molar-refractivity contribution in [2.24, 2.45) is 7.05 Å². The molecule has 3 aromatic rings. The van der Waals surface area contributed by atoms with E-state index in [1.165, 1.54) is 24.3 Å². The van der Waals surface area contributed by atoms with Crippen molar-refractivity contribution < 1.29 is 14.3 Å². The van der Waals surface area contributed by atoms with E-state index >= 15 is 0 Å². The van der Waals surface area contributed by atoms with Crippen molar-refractivity contribution in [2.45, 2.75) is 19.4 Å². The summed E-state index contributed by atoms with van der Waals surface area (Å²) in [5.41, 5.74) is 1.41. The highest BCUT2D eigenvalue weighted by Crippen LogP contribution is 2.21. The fraction of sp³-hybridized carbons (Fsp3) is 0.263. The number of amides is 1. The van der Waals surface area contributed by atoms with Crippen LogP contribution in [0, 0.1) is 12.7 Å². The van der Waals surface area contributed by atoms with Crippen molar-refractivity contribution in [3.8, 4) is 0 Å². The van der Waals surface area contributed by atoms with Gasteiger partial charge >= 0.3 is 0 Å². The number of carbonyl (C=O) groups excluding carboxylic acids is 1. The largest absolute Gasteiger partial charge is 0.384 e. The van der Waals surface area contributed by atoms with Gasteiger partial charge in [-0.2, -0.15) is 0 Å². The first-order valence-electron chi connectivity index (χ1n) is 7.97. The van der Waals surface area contributed by atoms with Crippen molar-refractivity contribution in [1.29, 1.82) is 0 Å². The van der Waals surface area contributed by atoms with Gasteiger partial charge in [0, 0.05) is 12.6 Å². The predicted molar refractivity (Wildman–Crippen MR) is 93.8 cm³/mol. The van der Waals surface area contributed by atoms with Crippen LogP contribution in [-0.4, -0.2) is 27.1 Å². The number of hydrogen-bond donors (Lipinski definition) is 2. The summed E-state index contributed by atoms with van der Waals surface area (Å²) in [6.07, 6.45) is 0. The van der Waals surface area contributed by atoms with Gasteiger partial charge in [0.25, 0.3) is 5.91 Å². The summed E-state index contributed by atoms with van der Waals surface area (Å²) in [5, 5.41) is 13.3. The zero-order chi connectivity index (χ0) is 18.2. The van der Waals surface area contributed by atoms with E-state index in [9.17, 15) is 14.3 Å². The minimum absolute atomic E-state index is 0.0107. The summed E-state index contributed by atoms with van der Waals surface area (Å²) in [6, 6.07) is 10.9. The molecule has 25 heavy (non-hydrogen) atoms. The maximum atomic E-state index is 13.0. The summed E-state index contributed by atoms with van der Waals surface area (Å²) in [5.74, 6) is 0.196. The van der Waals surface area contributed by atoms with Crippen LogP contribution in [0.1, 0.15) is 28.7 Å². The third-order valence-electron chi connectivity index (χ3n) is 4.43. The molecule has 2 aromatic carbocycles. The molecular weight excluding hydrogens is 321 g/mol. The molecule has 0 aliphatic heterocycles. The molecule has 0 radical (unpaired) electrons. The van der Waals surface area contributed by atoms with Crippen LogP contribution in [0.4, 0.5) is 4.39 Å². The number of benzene rings is 2. The number of imidazole rings is 1. The highest BCUT2D eigenvalue weighted by Gasteiger charge is 2.24. The first-order valence-corrected chi connectivity index (χ1v) is 7.97. The lowest BCUT2D eigenvalue weighted by Crippen LogP contribution is -2.38. The molecule has 5 nitrogen and oxygen atoms in total. The van der Waals surface area contributed by atoms with Crippen molar-refractivity contribution in [1.82, 2.24) is 14.9 Å². The second kappa shape index (κ2) is 6.29. The van der Waals surface area contributed by atoms with E-state index < -0.39 is 5.60 Å². The molecule has 2 N–H and O–H groups in total. The van der Waals surface area contributed by atoms with E-state index in [0.717, 1.165) is 16.9 Å². The Morgan fingerprint density at radius 1 is 1.28 bits per heavy atom. The Morgan fingerprint density at radius 3 is 2.64 bits per heavy atom. The number of nitrogens with zero attached hydrogens (tertiary/aromatic N) is 2. The van der Waals surface area contributed by atoms with Crippen LogP contribution in [0.25, 0.3) is 11.0 Å². The maximum absolute atomic E-state index is 13.0. The van der Waals surface area contributed by atoms with Gasteiger partial charge in [-0.3, -0.25) is 4.79 Å². The van der Waals surface area contributed by atoms with Gasteiger partial charge in [-0.1, -0.05) is 12.1 Å². The number of carbonyl (C=O) groups is 1. The first kappa shape index (κ1) is 17.1. The topological polar surface area (TPSA) is 67.2 Å². The van der Waals surface area contributed by atoms with Crippen LogP contribution in [0.3, 0.4) is 0 Å². The van der Waals surface area contributed by atoms with Crippen molar-refractivity contribution in [2.75, 3.05) is 6.54 Å². The molecular formula is C19H20FN3O2. The number of nitrogens with one attached hydrogen (secondary N) is 1. The Bertz CT molecular complexity index is 930. The molecule has 130 valence electrons. The fourth-order valence-corrected chi connectivity index (χ4v) is 2.73. The van der Waals surface area contributed by atoms with E-state index in [-0.39, 0.29) is 18.3 Å². The second-order valence-corrected chi connectivity index (χ2v) is 6.38. The van der Waals surface area contributed by atoms with Crippen molar-refractivity contribution >= 4 is 16.9 Å². The zero-order valence-electron chi connectivity index (χ0n) is 14.4. The lowest BCUT2D eigenvalue weighted by Gasteiger charge is -2.24. The quantitative estimate of drug-likeness (QED) is 0.767. The highest BCUT2D eigenvalue weighted by atomic mass is 19.1. The fourth-order valence-electron chi connectivity index (χ4n) is 2.73. The standard InChI is InChI=1S/C19H20FN3O2/c1-12-22-16-10-13(4-9-17(16)23(12)3)18(24)21-11-19(2,25)14-5-7-15(20)8-6-14/h4-10,25H,11H2,1-3H3,(H,21,24). The minimum Gasteiger partial charge on any atom is -0.384 e.